The van der Waals surface area contributed by atoms with Crippen molar-refractivity contribution in [3.8, 4) is 11.5 Å². The van der Waals surface area contributed by atoms with E-state index in [0.29, 0.717) is 11.5 Å². The van der Waals surface area contributed by atoms with Crippen molar-refractivity contribution >= 4 is 5.91 Å². The molecule has 5 heteroatoms. The van der Waals surface area contributed by atoms with Gasteiger partial charge < -0.3 is 14.4 Å². The molecule has 1 fully saturated rings. The lowest BCUT2D eigenvalue weighted by atomic mass is 10.1. The molecular formula is C22H26N2O3. The standard InChI is InChI=1S/C22H26N2O3/c1-17-21(27-20-10-6-5-9-19(20)26-17)22(25)24-15-13-23(14-16-24)12-11-18-7-3-2-4-8-18/h2-10,17,21H,11-16H2,1H3. The van der Waals surface area contributed by atoms with Gasteiger partial charge in [-0.15, -0.1) is 0 Å². The van der Waals surface area contributed by atoms with Crippen molar-refractivity contribution in [3.05, 3.63) is 60.2 Å². The summed E-state index contributed by atoms with van der Waals surface area (Å²) in [6.45, 7) is 6.20. The van der Waals surface area contributed by atoms with Gasteiger partial charge in [-0.05, 0) is 31.0 Å². The van der Waals surface area contributed by atoms with E-state index in [4.69, 9.17) is 9.47 Å². The fraction of sp³-hybridized carbons (Fsp3) is 0.409. The highest BCUT2D eigenvalue weighted by Gasteiger charge is 2.37. The van der Waals surface area contributed by atoms with E-state index in [1.165, 1.54) is 5.56 Å². The van der Waals surface area contributed by atoms with Crippen LogP contribution in [0.15, 0.2) is 54.6 Å². The zero-order chi connectivity index (χ0) is 18.6. The molecule has 0 aliphatic carbocycles. The highest BCUT2D eigenvalue weighted by atomic mass is 16.6. The van der Waals surface area contributed by atoms with Gasteiger partial charge in [0, 0.05) is 32.7 Å². The molecule has 2 aromatic rings. The van der Waals surface area contributed by atoms with Crippen molar-refractivity contribution in [2.45, 2.75) is 25.6 Å². The number of para-hydroxylation sites is 2. The Morgan fingerprint density at radius 3 is 2.26 bits per heavy atom. The molecule has 5 nitrogen and oxygen atoms in total. The van der Waals surface area contributed by atoms with Crippen LogP contribution in [0.5, 0.6) is 11.5 Å². The van der Waals surface area contributed by atoms with Crippen LogP contribution in [0.3, 0.4) is 0 Å². The minimum absolute atomic E-state index is 0.0275. The number of hydrogen-bond donors (Lipinski definition) is 0. The van der Waals surface area contributed by atoms with Crippen LogP contribution in [0.25, 0.3) is 0 Å². The molecule has 0 bridgehead atoms. The third-order valence-electron chi connectivity index (χ3n) is 5.33. The van der Waals surface area contributed by atoms with Crippen LogP contribution in [0, 0.1) is 0 Å². The molecule has 1 saturated heterocycles. The molecule has 2 unspecified atom stereocenters. The number of piperazine rings is 1. The Labute approximate surface area is 160 Å². The van der Waals surface area contributed by atoms with Gasteiger partial charge in [-0.3, -0.25) is 9.69 Å². The summed E-state index contributed by atoms with van der Waals surface area (Å²) < 4.78 is 11.8. The van der Waals surface area contributed by atoms with Gasteiger partial charge in [-0.1, -0.05) is 42.5 Å². The molecule has 1 amide bonds. The summed E-state index contributed by atoms with van der Waals surface area (Å²) in [7, 11) is 0. The second kappa shape index (κ2) is 8.01. The van der Waals surface area contributed by atoms with E-state index < -0.39 is 6.10 Å². The number of amides is 1. The van der Waals surface area contributed by atoms with E-state index in [1.54, 1.807) is 0 Å². The monoisotopic (exact) mass is 366 g/mol. The molecule has 2 atom stereocenters. The van der Waals surface area contributed by atoms with E-state index in [2.05, 4.69) is 29.2 Å². The summed E-state index contributed by atoms with van der Waals surface area (Å²) in [4.78, 5) is 17.3. The summed E-state index contributed by atoms with van der Waals surface area (Å²) in [5.41, 5.74) is 1.36. The number of carbonyl (C=O) groups is 1. The van der Waals surface area contributed by atoms with Gasteiger partial charge >= 0.3 is 0 Å². The first-order chi connectivity index (χ1) is 13.2. The fourth-order valence-electron chi connectivity index (χ4n) is 3.69. The molecule has 0 radical (unpaired) electrons. The summed E-state index contributed by atoms with van der Waals surface area (Å²) in [5.74, 6) is 1.38. The third kappa shape index (κ3) is 4.08. The fourth-order valence-corrected chi connectivity index (χ4v) is 3.69. The van der Waals surface area contributed by atoms with Crippen LogP contribution in [-0.2, 0) is 11.2 Å². The van der Waals surface area contributed by atoms with Gasteiger partial charge in [-0.2, -0.15) is 0 Å². The maximum Gasteiger partial charge on any atom is 0.267 e. The largest absolute Gasteiger partial charge is 0.482 e. The minimum atomic E-state index is -0.573. The Morgan fingerprint density at radius 1 is 0.926 bits per heavy atom. The van der Waals surface area contributed by atoms with E-state index in [9.17, 15) is 4.79 Å². The Morgan fingerprint density at radius 2 is 1.56 bits per heavy atom. The maximum atomic E-state index is 13.0. The number of benzene rings is 2. The first-order valence-electron chi connectivity index (χ1n) is 9.68. The highest BCUT2D eigenvalue weighted by Crippen LogP contribution is 2.34. The highest BCUT2D eigenvalue weighted by molar-refractivity contribution is 5.82. The van der Waals surface area contributed by atoms with Crippen LogP contribution >= 0.6 is 0 Å². The van der Waals surface area contributed by atoms with Crippen molar-refractivity contribution in [1.82, 2.24) is 9.80 Å². The van der Waals surface area contributed by atoms with Crippen LogP contribution in [0.4, 0.5) is 0 Å². The Kier molecular flexibility index (Phi) is 5.30. The zero-order valence-corrected chi connectivity index (χ0v) is 15.7. The summed E-state index contributed by atoms with van der Waals surface area (Å²) >= 11 is 0. The van der Waals surface area contributed by atoms with E-state index in [0.717, 1.165) is 39.1 Å². The van der Waals surface area contributed by atoms with E-state index >= 15 is 0 Å². The van der Waals surface area contributed by atoms with Crippen molar-refractivity contribution in [2.24, 2.45) is 0 Å². The summed E-state index contributed by atoms with van der Waals surface area (Å²) in [5, 5.41) is 0. The average Bonchev–Trinajstić information content (AvgIpc) is 2.72. The average molecular weight is 366 g/mol. The second-order valence-corrected chi connectivity index (χ2v) is 7.21. The van der Waals surface area contributed by atoms with Gasteiger partial charge in [0.2, 0.25) is 6.10 Å². The zero-order valence-electron chi connectivity index (χ0n) is 15.7. The topological polar surface area (TPSA) is 42.0 Å². The quantitative estimate of drug-likeness (QED) is 0.834. The first-order valence-corrected chi connectivity index (χ1v) is 9.68. The number of nitrogens with zero attached hydrogens (tertiary/aromatic N) is 2. The lowest BCUT2D eigenvalue weighted by molar-refractivity contribution is -0.146. The van der Waals surface area contributed by atoms with Crippen LogP contribution in [0.1, 0.15) is 12.5 Å². The number of hydrogen-bond acceptors (Lipinski definition) is 4. The molecule has 0 N–H and O–H groups in total. The lowest BCUT2D eigenvalue weighted by Crippen LogP contribution is -2.56. The number of fused-ring (bicyclic) bond motifs is 1. The summed E-state index contributed by atoms with van der Waals surface area (Å²) in [6.07, 6.45) is 0.182. The molecule has 2 aliphatic heterocycles. The van der Waals surface area contributed by atoms with Crippen LogP contribution < -0.4 is 9.47 Å². The van der Waals surface area contributed by atoms with E-state index in [1.807, 2.05) is 42.2 Å². The van der Waals surface area contributed by atoms with Gasteiger partial charge in [0.25, 0.3) is 5.91 Å². The van der Waals surface area contributed by atoms with E-state index in [-0.39, 0.29) is 12.0 Å². The number of ether oxygens (including phenoxy) is 2. The molecule has 2 aliphatic rings. The van der Waals surface area contributed by atoms with Gasteiger partial charge in [0.1, 0.15) is 6.10 Å². The molecule has 4 rings (SSSR count). The van der Waals surface area contributed by atoms with Crippen LogP contribution in [0.2, 0.25) is 0 Å². The molecule has 142 valence electrons. The Bertz CT molecular complexity index is 772. The third-order valence-corrected chi connectivity index (χ3v) is 5.33. The van der Waals surface area contributed by atoms with Crippen molar-refractivity contribution in [3.63, 3.8) is 0 Å². The Hall–Kier alpha value is -2.53. The van der Waals surface area contributed by atoms with Crippen molar-refractivity contribution < 1.29 is 14.3 Å². The van der Waals surface area contributed by atoms with Crippen molar-refractivity contribution in [2.75, 3.05) is 32.7 Å². The smallest absolute Gasteiger partial charge is 0.267 e. The molecule has 0 aromatic heterocycles. The molecule has 27 heavy (non-hydrogen) atoms. The Balaban J connectivity index is 1.30. The number of rotatable bonds is 4. The van der Waals surface area contributed by atoms with Gasteiger partial charge in [0.15, 0.2) is 11.5 Å². The van der Waals surface area contributed by atoms with Crippen molar-refractivity contribution in [1.29, 1.82) is 0 Å². The molecule has 0 spiro atoms. The SMILES string of the molecule is CC1Oc2ccccc2OC1C(=O)N1CCN(CCc2ccccc2)CC1. The predicted molar refractivity (Wildman–Crippen MR) is 104 cm³/mol. The minimum Gasteiger partial charge on any atom is -0.482 e. The molecule has 2 heterocycles. The summed E-state index contributed by atoms with van der Waals surface area (Å²) in [6, 6.07) is 18.1. The normalized spacial score (nSPS) is 22.5. The molecule has 2 aromatic carbocycles. The predicted octanol–water partition coefficient (Wildman–Crippen LogP) is 2.60. The maximum absolute atomic E-state index is 13.0. The molecule has 0 saturated carbocycles. The molecular weight excluding hydrogens is 340 g/mol. The van der Waals surface area contributed by atoms with Gasteiger partial charge in [-0.25, -0.2) is 0 Å². The number of carbonyl (C=O) groups excluding carboxylic acids is 1. The second-order valence-electron chi connectivity index (χ2n) is 7.21. The van der Waals surface area contributed by atoms with Gasteiger partial charge in [0.05, 0.1) is 0 Å². The first kappa shape index (κ1) is 17.9. The van der Waals surface area contributed by atoms with Crippen LogP contribution in [-0.4, -0.2) is 60.6 Å². The lowest BCUT2D eigenvalue weighted by Gasteiger charge is -2.38.